The van der Waals surface area contributed by atoms with Gasteiger partial charge in [0.15, 0.2) is 11.9 Å². The average Bonchev–Trinajstić information content (AvgIpc) is 3.07. The molecule has 2 heterocycles. The SMILES string of the molecule is CCOc1cc(Cl)ccc1CNC(=O)N1C[C@@H](c2nc(C)no2)O[C@@H](C)C1. The monoisotopic (exact) mass is 394 g/mol. The smallest absolute Gasteiger partial charge is 0.317 e. The van der Waals surface area contributed by atoms with Gasteiger partial charge in [0, 0.05) is 23.7 Å². The predicted octanol–water partition coefficient (Wildman–Crippen LogP) is 3.10. The van der Waals surface area contributed by atoms with Crippen LogP contribution in [0.4, 0.5) is 4.79 Å². The number of amides is 2. The Kier molecular flexibility index (Phi) is 6.18. The summed E-state index contributed by atoms with van der Waals surface area (Å²) in [5.41, 5.74) is 0.861. The van der Waals surface area contributed by atoms with Crippen LogP contribution in [0.3, 0.4) is 0 Å². The number of rotatable bonds is 5. The lowest BCUT2D eigenvalue weighted by Gasteiger charge is -2.35. The van der Waals surface area contributed by atoms with Gasteiger partial charge in [0.1, 0.15) is 5.75 Å². The summed E-state index contributed by atoms with van der Waals surface area (Å²) in [5, 5.41) is 7.30. The van der Waals surface area contributed by atoms with Crippen molar-refractivity contribution < 1.29 is 18.8 Å². The van der Waals surface area contributed by atoms with Crippen molar-refractivity contribution in [3.05, 3.63) is 40.5 Å². The van der Waals surface area contributed by atoms with E-state index in [0.29, 0.717) is 48.7 Å². The van der Waals surface area contributed by atoms with Crippen LogP contribution in [0.1, 0.15) is 37.2 Å². The Balaban J connectivity index is 1.63. The molecule has 1 N–H and O–H groups in total. The molecule has 2 amide bonds. The van der Waals surface area contributed by atoms with Gasteiger partial charge < -0.3 is 24.2 Å². The molecule has 2 aromatic rings. The standard InChI is InChI=1S/C18H23ClN4O4/c1-4-25-15-7-14(19)6-5-13(15)8-20-18(24)23-9-11(2)26-16(10-23)17-21-12(3)22-27-17/h5-7,11,16H,4,8-10H2,1-3H3,(H,20,24)/t11-,16-/m0/s1. The second kappa shape index (κ2) is 8.58. The Morgan fingerprint density at radius 3 is 2.96 bits per heavy atom. The first-order valence-electron chi connectivity index (χ1n) is 8.86. The zero-order valence-corrected chi connectivity index (χ0v) is 16.3. The van der Waals surface area contributed by atoms with E-state index in [-0.39, 0.29) is 12.1 Å². The van der Waals surface area contributed by atoms with Crippen LogP contribution in [0.15, 0.2) is 22.7 Å². The van der Waals surface area contributed by atoms with E-state index in [2.05, 4.69) is 15.5 Å². The molecular weight excluding hydrogens is 372 g/mol. The first kappa shape index (κ1) is 19.4. The third-order valence-electron chi connectivity index (χ3n) is 4.13. The Morgan fingerprint density at radius 1 is 1.44 bits per heavy atom. The van der Waals surface area contributed by atoms with Gasteiger partial charge in [0.05, 0.1) is 19.3 Å². The number of morpholine rings is 1. The molecule has 1 fully saturated rings. The minimum absolute atomic E-state index is 0.142. The van der Waals surface area contributed by atoms with Crippen molar-refractivity contribution in [3.8, 4) is 5.75 Å². The highest BCUT2D eigenvalue weighted by molar-refractivity contribution is 6.30. The Labute approximate surface area is 162 Å². The molecule has 8 nitrogen and oxygen atoms in total. The predicted molar refractivity (Wildman–Crippen MR) is 98.8 cm³/mol. The highest BCUT2D eigenvalue weighted by Crippen LogP contribution is 2.25. The minimum Gasteiger partial charge on any atom is -0.493 e. The summed E-state index contributed by atoms with van der Waals surface area (Å²) >= 11 is 6.02. The summed E-state index contributed by atoms with van der Waals surface area (Å²) in [5.74, 6) is 1.59. The fraction of sp³-hybridized carbons (Fsp3) is 0.500. The van der Waals surface area contributed by atoms with Crippen LogP contribution in [0.2, 0.25) is 5.02 Å². The molecule has 146 valence electrons. The Bertz CT molecular complexity index is 797. The van der Waals surface area contributed by atoms with Gasteiger partial charge in [-0.25, -0.2) is 4.79 Å². The molecule has 1 aromatic heterocycles. The summed E-state index contributed by atoms with van der Waals surface area (Å²) in [4.78, 5) is 18.6. The minimum atomic E-state index is -0.435. The zero-order chi connectivity index (χ0) is 19.4. The normalized spacial score (nSPS) is 19.8. The van der Waals surface area contributed by atoms with E-state index in [1.165, 1.54) is 0 Å². The molecule has 1 saturated heterocycles. The van der Waals surface area contributed by atoms with Crippen molar-refractivity contribution in [2.45, 2.75) is 39.5 Å². The summed E-state index contributed by atoms with van der Waals surface area (Å²) < 4.78 is 16.6. The van der Waals surface area contributed by atoms with E-state index in [1.807, 2.05) is 19.9 Å². The number of nitrogens with zero attached hydrogens (tertiary/aromatic N) is 3. The Hall–Kier alpha value is -2.32. The molecule has 2 atom stereocenters. The van der Waals surface area contributed by atoms with E-state index in [1.54, 1.807) is 24.0 Å². The van der Waals surface area contributed by atoms with Crippen molar-refractivity contribution in [2.24, 2.45) is 0 Å². The lowest BCUT2D eigenvalue weighted by atomic mass is 10.2. The fourth-order valence-electron chi connectivity index (χ4n) is 2.94. The summed E-state index contributed by atoms with van der Waals surface area (Å²) in [6.07, 6.45) is -0.577. The Morgan fingerprint density at radius 2 is 2.26 bits per heavy atom. The van der Waals surface area contributed by atoms with Crippen molar-refractivity contribution in [3.63, 3.8) is 0 Å². The third-order valence-corrected chi connectivity index (χ3v) is 4.36. The molecule has 3 rings (SSSR count). The number of aromatic nitrogens is 2. The van der Waals surface area contributed by atoms with Gasteiger partial charge in [0.2, 0.25) is 0 Å². The van der Waals surface area contributed by atoms with Crippen LogP contribution < -0.4 is 10.1 Å². The summed E-state index contributed by atoms with van der Waals surface area (Å²) in [7, 11) is 0. The summed E-state index contributed by atoms with van der Waals surface area (Å²) in [6, 6.07) is 5.18. The molecule has 0 spiro atoms. The molecule has 1 aromatic carbocycles. The van der Waals surface area contributed by atoms with Gasteiger partial charge in [0.25, 0.3) is 5.89 Å². The number of urea groups is 1. The van der Waals surface area contributed by atoms with Crippen LogP contribution in [0.25, 0.3) is 0 Å². The van der Waals surface area contributed by atoms with E-state index in [0.717, 1.165) is 5.56 Å². The van der Waals surface area contributed by atoms with Gasteiger partial charge in [-0.1, -0.05) is 22.8 Å². The van der Waals surface area contributed by atoms with Crippen molar-refractivity contribution in [1.29, 1.82) is 0 Å². The number of carbonyl (C=O) groups is 1. The highest BCUT2D eigenvalue weighted by Gasteiger charge is 2.32. The van der Waals surface area contributed by atoms with Crippen molar-refractivity contribution in [1.82, 2.24) is 20.4 Å². The topological polar surface area (TPSA) is 89.7 Å². The van der Waals surface area contributed by atoms with Crippen LogP contribution in [0, 0.1) is 6.92 Å². The van der Waals surface area contributed by atoms with Crippen molar-refractivity contribution in [2.75, 3.05) is 19.7 Å². The van der Waals surface area contributed by atoms with E-state index in [4.69, 9.17) is 25.6 Å². The molecule has 0 radical (unpaired) electrons. The number of nitrogens with one attached hydrogen (secondary N) is 1. The maximum Gasteiger partial charge on any atom is 0.317 e. The number of halogens is 1. The van der Waals surface area contributed by atoms with E-state index < -0.39 is 6.10 Å². The van der Waals surface area contributed by atoms with Crippen LogP contribution in [-0.4, -0.2) is 46.9 Å². The second-order valence-electron chi connectivity index (χ2n) is 6.36. The molecule has 0 unspecified atom stereocenters. The molecular formula is C18H23ClN4O4. The molecule has 27 heavy (non-hydrogen) atoms. The average molecular weight is 395 g/mol. The van der Waals surface area contributed by atoms with Gasteiger partial charge in [-0.2, -0.15) is 4.98 Å². The highest BCUT2D eigenvalue weighted by atomic mass is 35.5. The number of hydrogen-bond acceptors (Lipinski definition) is 6. The molecule has 9 heteroatoms. The molecule has 1 aliphatic heterocycles. The third kappa shape index (κ3) is 4.90. The lowest BCUT2D eigenvalue weighted by Crippen LogP contribution is -2.49. The van der Waals surface area contributed by atoms with E-state index >= 15 is 0 Å². The molecule has 0 aliphatic carbocycles. The van der Waals surface area contributed by atoms with Crippen LogP contribution >= 0.6 is 11.6 Å². The van der Waals surface area contributed by atoms with Gasteiger partial charge in [-0.15, -0.1) is 0 Å². The van der Waals surface area contributed by atoms with Gasteiger partial charge in [-0.05, 0) is 32.9 Å². The number of aryl methyl sites for hydroxylation is 1. The molecule has 1 aliphatic rings. The van der Waals surface area contributed by atoms with Crippen LogP contribution in [-0.2, 0) is 11.3 Å². The molecule has 0 saturated carbocycles. The lowest BCUT2D eigenvalue weighted by molar-refractivity contribution is -0.0782. The first-order valence-corrected chi connectivity index (χ1v) is 9.23. The van der Waals surface area contributed by atoms with Crippen molar-refractivity contribution >= 4 is 17.6 Å². The summed E-state index contributed by atoms with van der Waals surface area (Å²) in [6.45, 7) is 7.23. The number of ether oxygens (including phenoxy) is 2. The van der Waals surface area contributed by atoms with Gasteiger partial charge in [-0.3, -0.25) is 0 Å². The second-order valence-corrected chi connectivity index (χ2v) is 6.80. The maximum atomic E-state index is 12.7. The van der Waals surface area contributed by atoms with Crippen LogP contribution in [0.5, 0.6) is 5.75 Å². The first-order chi connectivity index (χ1) is 13.0. The number of carbonyl (C=O) groups excluding carboxylic acids is 1. The largest absolute Gasteiger partial charge is 0.493 e. The zero-order valence-electron chi connectivity index (χ0n) is 15.6. The fourth-order valence-corrected chi connectivity index (χ4v) is 3.11. The number of hydrogen-bond donors (Lipinski definition) is 1. The quantitative estimate of drug-likeness (QED) is 0.838. The van der Waals surface area contributed by atoms with Gasteiger partial charge >= 0.3 is 6.03 Å². The molecule has 0 bridgehead atoms. The van der Waals surface area contributed by atoms with E-state index in [9.17, 15) is 4.79 Å². The maximum absolute atomic E-state index is 12.7. The number of benzene rings is 1.